The largest absolute Gasteiger partial charge is 0.445 e. The fourth-order valence-corrected chi connectivity index (χ4v) is 4.54. The van der Waals surface area contributed by atoms with Gasteiger partial charge in [-0.25, -0.2) is 4.79 Å². The quantitative estimate of drug-likeness (QED) is 0.638. The first-order valence-electron chi connectivity index (χ1n) is 11.0. The van der Waals surface area contributed by atoms with Gasteiger partial charge < -0.3 is 19.4 Å². The fourth-order valence-electron chi connectivity index (χ4n) is 3.47. The predicted molar refractivity (Wildman–Crippen MR) is 119 cm³/mol. The lowest BCUT2D eigenvalue weighted by molar-refractivity contribution is 0.0830. The Morgan fingerprint density at radius 1 is 1.17 bits per heavy atom. The Morgan fingerprint density at radius 2 is 1.79 bits per heavy atom. The van der Waals surface area contributed by atoms with E-state index in [1.807, 2.05) is 35.2 Å². The Kier molecular flexibility index (Phi) is 6.76. The maximum absolute atomic E-state index is 12.4. The highest BCUT2D eigenvalue weighted by Gasteiger charge is 2.47. The molecule has 0 bridgehead atoms. The number of nitrogens with one attached hydrogen (secondary N) is 1. The van der Waals surface area contributed by atoms with Gasteiger partial charge in [0.15, 0.2) is 8.32 Å². The summed E-state index contributed by atoms with van der Waals surface area (Å²) in [6.07, 6.45) is 4.14. The van der Waals surface area contributed by atoms with E-state index in [0.717, 1.165) is 38.1 Å². The highest BCUT2D eigenvalue weighted by Crippen LogP contribution is 2.41. The highest BCUT2D eigenvalue weighted by atomic mass is 28.4. The molecule has 3 rings (SSSR count). The summed E-state index contributed by atoms with van der Waals surface area (Å²) in [6, 6.07) is 10.3. The minimum absolute atomic E-state index is 0.163. The summed E-state index contributed by atoms with van der Waals surface area (Å²) in [4.78, 5) is 14.2. The van der Waals surface area contributed by atoms with Crippen molar-refractivity contribution in [3.8, 4) is 0 Å². The Bertz CT molecular complexity index is 675. The molecule has 1 aliphatic carbocycles. The van der Waals surface area contributed by atoms with Gasteiger partial charge in [0.2, 0.25) is 0 Å². The van der Waals surface area contributed by atoms with Gasteiger partial charge in [0.25, 0.3) is 0 Å². The number of carbonyl (C=O) groups is 1. The number of ether oxygens (including phenoxy) is 1. The molecule has 1 saturated carbocycles. The van der Waals surface area contributed by atoms with E-state index in [4.69, 9.17) is 9.16 Å². The molecule has 1 N–H and O–H groups in total. The minimum atomic E-state index is -1.71. The van der Waals surface area contributed by atoms with Crippen LogP contribution >= 0.6 is 0 Å². The van der Waals surface area contributed by atoms with E-state index in [9.17, 15) is 4.79 Å². The predicted octanol–water partition coefficient (Wildman–Crippen LogP) is 4.93. The number of carbonyl (C=O) groups excluding carboxylic acids is 1. The van der Waals surface area contributed by atoms with Crippen LogP contribution in [0, 0.1) is 0 Å². The fraction of sp³-hybridized carbons (Fsp3) is 0.696. The standard InChI is InChI=1S/C23H38N2O3Si/c1-22(2,3)29(4,5)28-18-23(13-14-23)24-20-11-15-25(16-12-20)21(26)27-17-19-9-7-6-8-10-19/h6-10,20,24H,11-18H2,1-5H3. The number of piperidine rings is 1. The second-order valence-electron chi connectivity index (χ2n) is 10.3. The van der Waals surface area contributed by atoms with Gasteiger partial charge in [-0.05, 0) is 49.4 Å². The molecule has 29 heavy (non-hydrogen) atoms. The molecule has 1 amide bonds. The summed E-state index contributed by atoms with van der Waals surface area (Å²) in [7, 11) is -1.71. The monoisotopic (exact) mass is 418 g/mol. The molecule has 162 valence electrons. The van der Waals surface area contributed by atoms with Crippen molar-refractivity contribution in [2.45, 2.75) is 82.8 Å². The molecular formula is C23H38N2O3Si. The SMILES string of the molecule is CC(C)(C)[Si](C)(C)OCC1(NC2CCN(C(=O)OCc3ccccc3)CC2)CC1. The smallest absolute Gasteiger partial charge is 0.410 e. The molecule has 1 aromatic rings. The number of hydrogen-bond acceptors (Lipinski definition) is 4. The Balaban J connectivity index is 1.40. The summed E-state index contributed by atoms with van der Waals surface area (Å²) in [5, 5.41) is 4.11. The van der Waals surface area contributed by atoms with Gasteiger partial charge in [0.05, 0.1) is 6.61 Å². The van der Waals surface area contributed by atoms with E-state index in [-0.39, 0.29) is 16.7 Å². The van der Waals surface area contributed by atoms with Gasteiger partial charge in [-0.3, -0.25) is 0 Å². The van der Waals surface area contributed by atoms with Crippen molar-refractivity contribution in [3.63, 3.8) is 0 Å². The normalized spacial score (nSPS) is 19.8. The molecule has 2 fully saturated rings. The van der Waals surface area contributed by atoms with Crippen molar-refractivity contribution in [3.05, 3.63) is 35.9 Å². The summed E-state index contributed by atoms with van der Waals surface area (Å²) in [6.45, 7) is 14.2. The van der Waals surface area contributed by atoms with Crippen LogP contribution in [0.3, 0.4) is 0 Å². The van der Waals surface area contributed by atoms with Crippen LogP contribution in [-0.2, 0) is 15.8 Å². The molecule has 6 heteroatoms. The van der Waals surface area contributed by atoms with E-state index in [2.05, 4.69) is 39.2 Å². The minimum Gasteiger partial charge on any atom is -0.445 e. The van der Waals surface area contributed by atoms with E-state index >= 15 is 0 Å². The number of rotatable bonds is 7. The van der Waals surface area contributed by atoms with Crippen LogP contribution < -0.4 is 5.32 Å². The molecule has 0 radical (unpaired) electrons. The molecule has 0 spiro atoms. The van der Waals surface area contributed by atoms with Crippen LogP contribution in [0.4, 0.5) is 4.79 Å². The summed E-state index contributed by atoms with van der Waals surface area (Å²) in [5.74, 6) is 0. The second-order valence-corrected chi connectivity index (χ2v) is 15.1. The lowest BCUT2D eigenvalue weighted by Gasteiger charge is -2.39. The van der Waals surface area contributed by atoms with Crippen molar-refractivity contribution in [2.75, 3.05) is 19.7 Å². The summed E-state index contributed by atoms with van der Waals surface area (Å²) < 4.78 is 12.0. The third-order valence-electron chi connectivity index (χ3n) is 6.84. The third-order valence-corrected chi connectivity index (χ3v) is 11.3. The average Bonchev–Trinajstić information content (AvgIpc) is 3.45. The number of benzene rings is 1. The first-order chi connectivity index (χ1) is 13.6. The average molecular weight is 419 g/mol. The van der Waals surface area contributed by atoms with Crippen LogP contribution in [0.15, 0.2) is 30.3 Å². The first-order valence-corrected chi connectivity index (χ1v) is 13.9. The zero-order valence-electron chi connectivity index (χ0n) is 18.8. The van der Waals surface area contributed by atoms with Crippen molar-refractivity contribution >= 4 is 14.4 Å². The van der Waals surface area contributed by atoms with Gasteiger partial charge in [-0.15, -0.1) is 0 Å². The van der Waals surface area contributed by atoms with Gasteiger partial charge in [-0.2, -0.15) is 0 Å². The van der Waals surface area contributed by atoms with Gasteiger partial charge in [0, 0.05) is 24.7 Å². The van der Waals surface area contributed by atoms with E-state index < -0.39 is 8.32 Å². The van der Waals surface area contributed by atoms with Crippen LogP contribution in [-0.4, -0.2) is 50.6 Å². The molecule has 2 aliphatic rings. The number of amides is 1. The second kappa shape index (κ2) is 8.78. The molecule has 0 unspecified atom stereocenters. The maximum Gasteiger partial charge on any atom is 0.410 e. The van der Waals surface area contributed by atoms with E-state index in [0.29, 0.717) is 12.6 Å². The topological polar surface area (TPSA) is 50.8 Å². The molecule has 1 aromatic carbocycles. The van der Waals surface area contributed by atoms with Crippen molar-refractivity contribution < 1.29 is 14.0 Å². The maximum atomic E-state index is 12.4. The summed E-state index contributed by atoms with van der Waals surface area (Å²) >= 11 is 0. The van der Waals surface area contributed by atoms with Crippen molar-refractivity contribution in [2.24, 2.45) is 0 Å². The van der Waals surface area contributed by atoms with E-state index in [1.54, 1.807) is 0 Å². The number of likely N-dealkylation sites (tertiary alicyclic amines) is 1. The molecule has 1 heterocycles. The highest BCUT2D eigenvalue weighted by molar-refractivity contribution is 6.74. The van der Waals surface area contributed by atoms with Crippen LogP contribution in [0.5, 0.6) is 0 Å². The van der Waals surface area contributed by atoms with Gasteiger partial charge >= 0.3 is 6.09 Å². The molecule has 5 nitrogen and oxygen atoms in total. The zero-order valence-corrected chi connectivity index (χ0v) is 19.8. The van der Waals surface area contributed by atoms with Gasteiger partial charge in [0.1, 0.15) is 6.61 Å². The Labute approximate surface area is 177 Å². The molecule has 0 atom stereocenters. The van der Waals surface area contributed by atoms with Crippen LogP contribution in [0.2, 0.25) is 18.1 Å². The van der Waals surface area contributed by atoms with Crippen molar-refractivity contribution in [1.82, 2.24) is 10.2 Å². The molecule has 0 aromatic heterocycles. The lowest BCUT2D eigenvalue weighted by Crippen LogP contribution is -2.52. The summed E-state index contributed by atoms with van der Waals surface area (Å²) in [5.41, 5.74) is 1.19. The molecular weight excluding hydrogens is 380 g/mol. The Hall–Kier alpha value is -1.37. The Morgan fingerprint density at radius 3 is 2.34 bits per heavy atom. The van der Waals surface area contributed by atoms with Crippen molar-refractivity contribution in [1.29, 1.82) is 0 Å². The molecule has 1 aliphatic heterocycles. The third kappa shape index (κ3) is 6.06. The number of nitrogens with zero attached hydrogens (tertiary/aromatic N) is 1. The zero-order chi connectivity index (χ0) is 21.1. The van der Waals surface area contributed by atoms with Crippen LogP contribution in [0.1, 0.15) is 52.0 Å². The number of hydrogen-bond donors (Lipinski definition) is 1. The van der Waals surface area contributed by atoms with Gasteiger partial charge in [-0.1, -0.05) is 51.1 Å². The first kappa shape index (κ1) is 22.3. The molecule has 1 saturated heterocycles. The van der Waals surface area contributed by atoms with E-state index in [1.165, 1.54) is 12.8 Å². The lowest BCUT2D eigenvalue weighted by atomic mass is 10.0. The van der Waals surface area contributed by atoms with Crippen LogP contribution in [0.25, 0.3) is 0 Å².